The molecule has 1 unspecified atom stereocenters. The minimum Gasteiger partial charge on any atom is -0.481 e. The minimum atomic E-state index is -2.63. The Bertz CT molecular complexity index is 504. The van der Waals surface area contributed by atoms with Crippen molar-refractivity contribution in [3.05, 3.63) is 0 Å². The van der Waals surface area contributed by atoms with Gasteiger partial charge in [-0.3, -0.25) is 9.59 Å². The predicted octanol–water partition coefficient (Wildman–Crippen LogP) is 5.33. The van der Waals surface area contributed by atoms with Gasteiger partial charge in [0.25, 0.3) is 0 Å². The summed E-state index contributed by atoms with van der Waals surface area (Å²) < 4.78 is 4.93. The van der Waals surface area contributed by atoms with Crippen LogP contribution < -0.4 is 0 Å². The molecule has 0 aliphatic carbocycles. The molecule has 0 saturated carbocycles. The number of carboxylic acids is 2. The minimum absolute atomic E-state index is 0.152. The van der Waals surface area contributed by atoms with Crippen molar-refractivity contribution in [3.63, 3.8) is 0 Å². The number of carbonyl (C=O) groups is 3. The third-order valence-electron chi connectivity index (χ3n) is 5.47. The third-order valence-corrected chi connectivity index (χ3v) is 5.47. The number of aliphatic carboxylic acids is 2. The van der Waals surface area contributed by atoms with E-state index in [1.165, 1.54) is 64.2 Å². The molecule has 0 heterocycles. The first-order chi connectivity index (χ1) is 14.7. The maximum absolute atomic E-state index is 11.7. The summed E-state index contributed by atoms with van der Waals surface area (Å²) in [6.07, 6.45) is 15.2. The molecule has 7 heteroatoms. The summed E-state index contributed by atoms with van der Waals surface area (Å²) in [7, 11) is 0. The fraction of sp³-hybridized carbons (Fsp3) is 0.875. The average molecular weight is 445 g/mol. The van der Waals surface area contributed by atoms with Gasteiger partial charge in [-0.1, -0.05) is 97.3 Å². The van der Waals surface area contributed by atoms with E-state index in [2.05, 4.69) is 13.8 Å². The first-order valence-corrected chi connectivity index (χ1v) is 12.0. The second-order valence-electron chi connectivity index (χ2n) is 9.08. The maximum Gasteiger partial charge on any atom is 0.336 e. The highest BCUT2D eigenvalue weighted by atomic mass is 16.5. The highest BCUT2D eigenvalue weighted by Gasteiger charge is 2.41. The zero-order valence-electron chi connectivity index (χ0n) is 19.6. The Kier molecular flexibility index (Phi) is 17.0. The first kappa shape index (κ1) is 29.4. The van der Waals surface area contributed by atoms with Crippen LogP contribution in [0, 0.1) is 5.92 Å². The fourth-order valence-electron chi connectivity index (χ4n) is 3.54. The molecule has 0 amide bonds. The van der Waals surface area contributed by atoms with Crippen molar-refractivity contribution in [3.8, 4) is 0 Å². The lowest BCUT2D eigenvalue weighted by atomic mass is 9.96. The van der Waals surface area contributed by atoms with Gasteiger partial charge >= 0.3 is 17.9 Å². The molecule has 0 aromatic heterocycles. The highest BCUT2D eigenvalue weighted by molar-refractivity contribution is 5.88. The van der Waals surface area contributed by atoms with Gasteiger partial charge in [-0.05, 0) is 12.3 Å². The molecular weight excluding hydrogens is 400 g/mol. The second-order valence-corrected chi connectivity index (χ2v) is 9.08. The van der Waals surface area contributed by atoms with Gasteiger partial charge in [0.05, 0.1) is 19.4 Å². The largest absolute Gasteiger partial charge is 0.481 e. The SMILES string of the molecule is CC(C)CCCCCCCCCCCCCCCOC(=O)CC(O)(CC(=O)O)C(=O)O. The van der Waals surface area contributed by atoms with Crippen molar-refractivity contribution < 1.29 is 34.4 Å². The number of hydrogen-bond acceptors (Lipinski definition) is 5. The summed E-state index contributed by atoms with van der Waals surface area (Å²) in [6.45, 7) is 4.72. The van der Waals surface area contributed by atoms with E-state index in [0.29, 0.717) is 6.42 Å². The summed E-state index contributed by atoms with van der Waals surface area (Å²) in [5.41, 5.74) is -2.63. The standard InChI is InChI=1S/C24H44O7/c1-20(2)16-14-12-10-8-6-4-3-5-7-9-11-13-15-17-31-22(27)19-24(30,23(28)29)18-21(25)26/h20,30H,3-19H2,1-2H3,(H,25,26)(H,28,29). The van der Waals surface area contributed by atoms with E-state index in [9.17, 15) is 19.5 Å². The van der Waals surface area contributed by atoms with Crippen molar-refractivity contribution in [2.75, 3.05) is 6.61 Å². The number of esters is 1. The van der Waals surface area contributed by atoms with Crippen LogP contribution in [0.25, 0.3) is 0 Å². The van der Waals surface area contributed by atoms with Crippen LogP contribution in [0.4, 0.5) is 0 Å². The van der Waals surface area contributed by atoms with Crippen LogP contribution >= 0.6 is 0 Å². The Morgan fingerprint density at radius 1 is 0.710 bits per heavy atom. The van der Waals surface area contributed by atoms with Crippen molar-refractivity contribution in [2.24, 2.45) is 5.92 Å². The molecule has 3 N–H and O–H groups in total. The predicted molar refractivity (Wildman–Crippen MR) is 120 cm³/mol. The van der Waals surface area contributed by atoms with Crippen LogP contribution in [0.15, 0.2) is 0 Å². The molecule has 0 fully saturated rings. The Balaban J connectivity index is 3.51. The molecule has 0 aromatic carbocycles. The van der Waals surface area contributed by atoms with Gasteiger partial charge in [0, 0.05) is 0 Å². The monoisotopic (exact) mass is 444 g/mol. The number of carboxylic acid groups (broad SMARTS) is 2. The summed E-state index contributed by atoms with van der Waals surface area (Å²) in [6, 6.07) is 0. The molecule has 0 rings (SSSR count). The zero-order valence-corrected chi connectivity index (χ0v) is 19.6. The molecule has 182 valence electrons. The summed E-state index contributed by atoms with van der Waals surface area (Å²) >= 11 is 0. The molecule has 31 heavy (non-hydrogen) atoms. The second kappa shape index (κ2) is 18.0. The number of rotatable bonds is 21. The third kappa shape index (κ3) is 17.7. The Morgan fingerprint density at radius 3 is 1.52 bits per heavy atom. The van der Waals surface area contributed by atoms with Crippen LogP contribution in [0.2, 0.25) is 0 Å². The van der Waals surface area contributed by atoms with E-state index in [0.717, 1.165) is 25.2 Å². The van der Waals surface area contributed by atoms with Gasteiger partial charge in [-0.15, -0.1) is 0 Å². The molecule has 0 spiro atoms. The quantitative estimate of drug-likeness (QED) is 0.162. The molecule has 0 aromatic rings. The highest BCUT2D eigenvalue weighted by Crippen LogP contribution is 2.18. The number of aliphatic hydroxyl groups is 1. The van der Waals surface area contributed by atoms with Gasteiger partial charge in [-0.2, -0.15) is 0 Å². The number of ether oxygens (including phenoxy) is 1. The Morgan fingerprint density at radius 2 is 1.13 bits per heavy atom. The molecule has 1 atom stereocenters. The number of unbranched alkanes of at least 4 members (excludes halogenated alkanes) is 12. The summed E-state index contributed by atoms with van der Waals surface area (Å²) in [4.78, 5) is 33.3. The van der Waals surface area contributed by atoms with E-state index in [4.69, 9.17) is 14.9 Å². The van der Waals surface area contributed by atoms with Gasteiger partial charge in [0.2, 0.25) is 0 Å². The van der Waals surface area contributed by atoms with E-state index < -0.39 is 36.4 Å². The molecule has 0 aliphatic heterocycles. The number of carbonyl (C=O) groups excluding carboxylic acids is 1. The topological polar surface area (TPSA) is 121 Å². The molecule has 0 radical (unpaired) electrons. The molecule has 7 nitrogen and oxygen atoms in total. The lowest BCUT2D eigenvalue weighted by Crippen LogP contribution is -2.43. The molecule has 0 saturated heterocycles. The summed E-state index contributed by atoms with van der Waals surface area (Å²) in [5.74, 6) is -3.31. The summed E-state index contributed by atoms with van der Waals surface area (Å²) in [5, 5.41) is 27.4. The van der Waals surface area contributed by atoms with Crippen molar-refractivity contribution in [1.29, 1.82) is 0 Å². The van der Waals surface area contributed by atoms with E-state index in [1.807, 2.05) is 0 Å². The van der Waals surface area contributed by atoms with Crippen molar-refractivity contribution in [1.82, 2.24) is 0 Å². The Labute approximate surface area is 187 Å². The zero-order chi connectivity index (χ0) is 23.5. The maximum atomic E-state index is 11.7. The lowest BCUT2D eigenvalue weighted by molar-refractivity contribution is -0.172. The van der Waals surface area contributed by atoms with Gasteiger partial charge in [-0.25, -0.2) is 4.79 Å². The van der Waals surface area contributed by atoms with Gasteiger partial charge < -0.3 is 20.1 Å². The molecular formula is C24H44O7. The van der Waals surface area contributed by atoms with Crippen LogP contribution in [0.1, 0.15) is 117 Å². The van der Waals surface area contributed by atoms with E-state index in [-0.39, 0.29) is 6.61 Å². The van der Waals surface area contributed by atoms with E-state index >= 15 is 0 Å². The van der Waals surface area contributed by atoms with Crippen LogP contribution in [0.3, 0.4) is 0 Å². The smallest absolute Gasteiger partial charge is 0.336 e. The molecule has 0 aliphatic rings. The van der Waals surface area contributed by atoms with E-state index in [1.54, 1.807) is 0 Å². The van der Waals surface area contributed by atoms with Crippen molar-refractivity contribution in [2.45, 2.75) is 122 Å². The first-order valence-electron chi connectivity index (χ1n) is 12.0. The average Bonchev–Trinajstić information content (AvgIpc) is 2.66. The van der Waals surface area contributed by atoms with Crippen LogP contribution in [0.5, 0.6) is 0 Å². The molecule has 0 bridgehead atoms. The number of hydrogen-bond donors (Lipinski definition) is 3. The normalized spacial score (nSPS) is 13.2. The van der Waals surface area contributed by atoms with Gasteiger partial charge in [0.15, 0.2) is 5.60 Å². The van der Waals surface area contributed by atoms with Crippen LogP contribution in [-0.4, -0.2) is 45.4 Å². The lowest BCUT2D eigenvalue weighted by Gasteiger charge is -2.20. The Hall–Kier alpha value is -1.63. The van der Waals surface area contributed by atoms with Gasteiger partial charge in [0.1, 0.15) is 0 Å². The van der Waals surface area contributed by atoms with Crippen molar-refractivity contribution >= 4 is 17.9 Å². The fourth-order valence-corrected chi connectivity index (χ4v) is 3.54. The van der Waals surface area contributed by atoms with Crippen LogP contribution in [-0.2, 0) is 19.1 Å².